The van der Waals surface area contributed by atoms with Crippen molar-refractivity contribution >= 4 is 0 Å². The van der Waals surface area contributed by atoms with Crippen molar-refractivity contribution in [3.05, 3.63) is 0 Å². The van der Waals surface area contributed by atoms with Crippen LogP contribution in [-0.4, -0.2) is 7.85 Å². The van der Waals surface area contributed by atoms with Crippen LogP contribution in [0, 0.1) is 17.8 Å². The molecule has 4 atom stereocenters. The van der Waals surface area contributed by atoms with Crippen molar-refractivity contribution < 1.29 is 21.2 Å². The van der Waals surface area contributed by atoms with Crippen molar-refractivity contribution in [2.75, 3.05) is 0 Å². The number of rotatable bonds is 3. The van der Waals surface area contributed by atoms with Crippen molar-refractivity contribution in [3.63, 3.8) is 0 Å². The molecule has 0 aliphatic carbocycles. The Labute approximate surface area is 94.1 Å². The van der Waals surface area contributed by atoms with Gasteiger partial charge in [0.15, 0.2) is 0 Å². The second kappa shape index (κ2) is 4.99. The third-order valence-corrected chi connectivity index (χ3v) is 7.46. The first-order valence-electron chi connectivity index (χ1n) is 5.68. The average molecular weight is 295 g/mol. The van der Waals surface area contributed by atoms with E-state index in [4.69, 9.17) is 0 Å². The molecular formula is C12H24I-. The summed E-state index contributed by atoms with van der Waals surface area (Å²) in [5.74, 6) is 3.02. The molecule has 0 spiro atoms. The van der Waals surface area contributed by atoms with E-state index in [-0.39, 0.29) is 0 Å². The van der Waals surface area contributed by atoms with Crippen molar-refractivity contribution in [1.82, 2.24) is 0 Å². The first-order chi connectivity index (χ1) is 6.06. The number of hydrogen-bond donors (Lipinski definition) is 0. The summed E-state index contributed by atoms with van der Waals surface area (Å²) < 4.78 is 2.17. The SMILES string of the molecule is CCC1C(C)[I-]C(C)[C@@H]1CC(C)C. The summed E-state index contributed by atoms with van der Waals surface area (Å²) in [7, 11) is 0. The van der Waals surface area contributed by atoms with E-state index >= 15 is 0 Å². The summed E-state index contributed by atoms with van der Waals surface area (Å²) in [6.45, 7) is 12.1. The number of hydrogen-bond acceptors (Lipinski definition) is 0. The Morgan fingerprint density at radius 1 is 1.08 bits per heavy atom. The summed E-state index contributed by atoms with van der Waals surface area (Å²) in [5, 5.41) is 0. The Kier molecular flexibility index (Phi) is 4.53. The molecule has 1 aliphatic heterocycles. The van der Waals surface area contributed by atoms with Gasteiger partial charge in [-0.2, -0.15) is 0 Å². The molecule has 0 N–H and O–H groups in total. The van der Waals surface area contributed by atoms with Crippen molar-refractivity contribution in [1.29, 1.82) is 0 Å². The van der Waals surface area contributed by atoms with Crippen molar-refractivity contribution in [3.8, 4) is 0 Å². The van der Waals surface area contributed by atoms with Gasteiger partial charge in [0, 0.05) is 0 Å². The molecule has 0 aromatic rings. The zero-order valence-electron chi connectivity index (χ0n) is 9.68. The molecule has 0 amide bonds. The van der Waals surface area contributed by atoms with Crippen molar-refractivity contribution in [2.24, 2.45) is 17.8 Å². The van der Waals surface area contributed by atoms with Crippen LogP contribution in [0.2, 0.25) is 0 Å². The quantitative estimate of drug-likeness (QED) is 0.527. The second-order valence-corrected chi connectivity index (χ2v) is 9.50. The van der Waals surface area contributed by atoms with Gasteiger partial charge in [0.1, 0.15) is 0 Å². The Hall–Kier alpha value is 0.730. The third kappa shape index (κ3) is 2.84. The van der Waals surface area contributed by atoms with Crippen LogP contribution in [0.25, 0.3) is 0 Å². The molecular weight excluding hydrogens is 271 g/mol. The fourth-order valence-electron chi connectivity index (χ4n) is 2.72. The summed E-state index contributed by atoms with van der Waals surface area (Å²) in [6.07, 6.45) is 2.90. The van der Waals surface area contributed by atoms with Crippen molar-refractivity contribution in [2.45, 2.75) is 55.3 Å². The molecule has 0 nitrogen and oxygen atoms in total. The maximum atomic E-state index is 2.51. The minimum atomic E-state index is 0.498. The van der Waals surface area contributed by atoms with Gasteiger partial charge in [-0.25, -0.2) is 0 Å². The Bertz CT molecular complexity index is 153. The zero-order chi connectivity index (χ0) is 10.0. The monoisotopic (exact) mass is 295 g/mol. The van der Waals surface area contributed by atoms with Gasteiger partial charge in [0.25, 0.3) is 0 Å². The van der Waals surface area contributed by atoms with Crippen LogP contribution in [-0.2, 0) is 0 Å². The molecule has 3 unspecified atom stereocenters. The van der Waals surface area contributed by atoms with E-state index in [1.165, 1.54) is 12.8 Å². The maximum absolute atomic E-state index is 2.51. The van der Waals surface area contributed by atoms with Crippen LogP contribution in [0.15, 0.2) is 0 Å². The average Bonchev–Trinajstić information content (AvgIpc) is 2.26. The van der Waals surface area contributed by atoms with Gasteiger partial charge in [-0.05, 0) is 0 Å². The Balaban J connectivity index is 2.58. The standard InChI is InChI=1S/C12H24I/c1-6-11-9(4)13-10(5)12(11)7-8(2)3/h8-12H,6-7H2,1-5H3/q-1/t9?,10?,11?,12-/m0/s1. The van der Waals surface area contributed by atoms with Crippen LogP contribution in [0.4, 0.5) is 0 Å². The van der Waals surface area contributed by atoms with E-state index in [1.54, 1.807) is 0 Å². The molecule has 1 saturated heterocycles. The van der Waals surface area contributed by atoms with Gasteiger partial charge < -0.3 is 0 Å². The Morgan fingerprint density at radius 2 is 1.62 bits per heavy atom. The van der Waals surface area contributed by atoms with Gasteiger partial charge in [0.05, 0.1) is 0 Å². The van der Waals surface area contributed by atoms with Crippen LogP contribution in [0.5, 0.6) is 0 Å². The third-order valence-electron chi connectivity index (χ3n) is 3.34. The topological polar surface area (TPSA) is 0 Å². The molecule has 0 aromatic carbocycles. The molecule has 0 bridgehead atoms. The molecule has 1 fully saturated rings. The second-order valence-electron chi connectivity index (χ2n) is 4.85. The first kappa shape index (κ1) is 11.8. The predicted octanol–water partition coefficient (Wildman–Crippen LogP) is 0.554. The molecule has 1 heteroatoms. The van der Waals surface area contributed by atoms with E-state index in [9.17, 15) is 0 Å². The molecule has 1 aliphatic rings. The molecule has 1 rings (SSSR count). The zero-order valence-corrected chi connectivity index (χ0v) is 11.8. The number of halogens is 1. The van der Waals surface area contributed by atoms with E-state index in [0.29, 0.717) is 21.2 Å². The molecule has 1 heterocycles. The van der Waals surface area contributed by atoms with E-state index in [1.807, 2.05) is 0 Å². The van der Waals surface area contributed by atoms with E-state index in [2.05, 4.69) is 34.6 Å². The Morgan fingerprint density at radius 3 is 2.08 bits per heavy atom. The van der Waals surface area contributed by atoms with Gasteiger partial charge in [-0.1, -0.05) is 0 Å². The summed E-state index contributed by atoms with van der Waals surface area (Å²) in [6, 6.07) is 0. The summed E-state index contributed by atoms with van der Waals surface area (Å²) in [5.41, 5.74) is 0. The van der Waals surface area contributed by atoms with Gasteiger partial charge in [0.2, 0.25) is 0 Å². The fraction of sp³-hybridized carbons (Fsp3) is 1.00. The molecule has 13 heavy (non-hydrogen) atoms. The molecule has 0 aromatic heterocycles. The summed E-state index contributed by atoms with van der Waals surface area (Å²) in [4.78, 5) is 0. The van der Waals surface area contributed by atoms with Crippen LogP contribution in [0.3, 0.4) is 0 Å². The fourth-order valence-corrected chi connectivity index (χ4v) is 7.44. The molecule has 0 radical (unpaired) electrons. The van der Waals surface area contributed by atoms with Gasteiger partial charge >= 0.3 is 94.3 Å². The van der Waals surface area contributed by atoms with Crippen LogP contribution >= 0.6 is 0 Å². The van der Waals surface area contributed by atoms with Gasteiger partial charge in [-0.3, -0.25) is 0 Å². The van der Waals surface area contributed by atoms with Crippen LogP contribution in [0.1, 0.15) is 47.5 Å². The molecule has 0 saturated carbocycles. The number of alkyl halides is 2. The minimum absolute atomic E-state index is 0.498. The van der Waals surface area contributed by atoms with Gasteiger partial charge in [-0.15, -0.1) is 0 Å². The van der Waals surface area contributed by atoms with E-state index < -0.39 is 0 Å². The van der Waals surface area contributed by atoms with Crippen LogP contribution < -0.4 is 21.2 Å². The van der Waals surface area contributed by atoms with E-state index in [0.717, 1.165) is 25.6 Å². The predicted molar refractivity (Wildman–Crippen MR) is 55.7 cm³/mol. The summed E-state index contributed by atoms with van der Waals surface area (Å²) >= 11 is 0.498. The first-order valence-corrected chi connectivity index (χ1v) is 8.17. The molecule has 80 valence electrons. The normalized spacial score (nSPS) is 40.8.